The van der Waals surface area contributed by atoms with Crippen molar-refractivity contribution in [2.24, 2.45) is 0 Å². The number of alkyl halides is 3. The number of halogens is 4. The van der Waals surface area contributed by atoms with Crippen LogP contribution in [0.5, 0.6) is 6.01 Å². The lowest BCUT2D eigenvalue weighted by molar-refractivity contribution is -0.139. The Morgan fingerprint density at radius 2 is 1.71 bits per heavy atom. The molecule has 186 valence electrons. The first-order valence-electron chi connectivity index (χ1n) is 11.1. The minimum Gasteiger partial charge on any atom is -0.447 e. The second kappa shape index (κ2) is 10.6. The molecule has 0 aliphatic heterocycles. The second-order valence-corrected chi connectivity index (χ2v) is 9.41. The molecule has 35 heavy (non-hydrogen) atoms. The Bertz CT molecular complexity index is 1150. The van der Waals surface area contributed by atoms with Crippen molar-refractivity contribution in [2.75, 3.05) is 0 Å². The Morgan fingerprint density at radius 3 is 2.29 bits per heavy atom. The zero-order valence-corrected chi connectivity index (χ0v) is 20.6. The number of hydrogen-bond acceptors (Lipinski definition) is 4. The summed E-state index contributed by atoms with van der Waals surface area (Å²) in [5, 5.41) is 3.65. The van der Waals surface area contributed by atoms with E-state index >= 15 is 0 Å². The molecule has 9 heteroatoms. The fourth-order valence-corrected chi connectivity index (χ4v) is 3.76. The smallest absolute Gasteiger partial charge is 0.419 e. The normalized spacial score (nSPS) is 13.7. The summed E-state index contributed by atoms with van der Waals surface area (Å²) in [6.07, 6.45) is -2.65. The molecular weight excluding hydrogens is 479 g/mol. The molecule has 1 heterocycles. The Labute approximate surface area is 207 Å². The maximum absolute atomic E-state index is 13.1. The Hall–Kier alpha value is -3.13. The summed E-state index contributed by atoms with van der Waals surface area (Å²) in [4.78, 5) is 20.3. The molecule has 2 unspecified atom stereocenters. The first kappa shape index (κ1) is 26.5. The summed E-state index contributed by atoms with van der Waals surface area (Å²) in [5.41, 5.74) is 0.813. The van der Waals surface area contributed by atoms with Gasteiger partial charge in [-0.25, -0.2) is 9.97 Å². The number of aromatic nitrogens is 2. The topological polar surface area (TPSA) is 64.1 Å². The average molecular weight is 506 g/mol. The van der Waals surface area contributed by atoms with E-state index in [1.54, 1.807) is 0 Å². The van der Waals surface area contributed by atoms with Crippen LogP contribution in [0.25, 0.3) is 0 Å². The molecule has 0 aliphatic carbocycles. The monoisotopic (exact) mass is 505 g/mol. The fourth-order valence-electron chi connectivity index (χ4n) is 3.63. The molecule has 2 aromatic carbocycles. The summed E-state index contributed by atoms with van der Waals surface area (Å²) in [7, 11) is 0. The van der Waals surface area contributed by atoms with Gasteiger partial charge >= 0.3 is 12.2 Å². The van der Waals surface area contributed by atoms with Gasteiger partial charge in [-0.15, -0.1) is 0 Å². The highest BCUT2D eigenvalue weighted by atomic mass is 35.5. The van der Waals surface area contributed by atoms with Gasteiger partial charge in [0.15, 0.2) is 5.60 Å². The highest BCUT2D eigenvalue weighted by molar-refractivity contribution is 6.30. The average Bonchev–Trinajstić information content (AvgIpc) is 2.78. The fraction of sp³-hybridized carbons (Fsp3) is 0.346. The molecule has 0 fully saturated rings. The number of rotatable bonds is 8. The van der Waals surface area contributed by atoms with Gasteiger partial charge in [-0.2, -0.15) is 13.2 Å². The zero-order valence-electron chi connectivity index (χ0n) is 19.9. The molecular formula is C26H27ClF3N3O2. The lowest BCUT2D eigenvalue weighted by atomic mass is 9.85. The van der Waals surface area contributed by atoms with Crippen molar-refractivity contribution in [3.8, 4) is 6.01 Å². The van der Waals surface area contributed by atoms with Gasteiger partial charge in [-0.05, 0) is 57.4 Å². The lowest BCUT2D eigenvalue weighted by Crippen LogP contribution is -2.51. The van der Waals surface area contributed by atoms with E-state index in [1.165, 1.54) is 13.8 Å². The van der Waals surface area contributed by atoms with Gasteiger partial charge < -0.3 is 10.1 Å². The summed E-state index contributed by atoms with van der Waals surface area (Å²) < 4.78 is 43.8. The Kier molecular flexibility index (Phi) is 8.05. The molecule has 1 aromatic heterocycles. The van der Waals surface area contributed by atoms with Crippen molar-refractivity contribution < 1.29 is 22.7 Å². The molecule has 0 saturated heterocycles. The van der Waals surface area contributed by atoms with Gasteiger partial charge in [-0.3, -0.25) is 4.79 Å². The molecule has 3 aromatic rings. The maximum atomic E-state index is 13.1. The lowest BCUT2D eigenvalue weighted by Gasteiger charge is -2.30. The van der Waals surface area contributed by atoms with Crippen LogP contribution >= 0.6 is 11.6 Å². The van der Waals surface area contributed by atoms with Crippen LogP contribution in [0.3, 0.4) is 0 Å². The number of benzene rings is 2. The van der Waals surface area contributed by atoms with Crippen LogP contribution in [0, 0.1) is 6.92 Å². The van der Waals surface area contributed by atoms with Crippen molar-refractivity contribution in [3.05, 3.63) is 88.2 Å². The van der Waals surface area contributed by atoms with Crippen molar-refractivity contribution in [3.63, 3.8) is 0 Å². The third kappa shape index (κ3) is 7.18. The van der Waals surface area contributed by atoms with Gasteiger partial charge in [0, 0.05) is 29.4 Å². The number of carbonyl (C=O) groups excluding carboxylic acids is 1. The summed E-state index contributed by atoms with van der Waals surface area (Å²) in [6.45, 7) is 6.94. The zero-order chi connectivity index (χ0) is 25.8. The molecule has 0 radical (unpaired) electrons. The highest BCUT2D eigenvalue weighted by Crippen LogP contribution is 2.29. The molecule has 0 bridgehead atoms. The number of aryl methyl sites for hydroxylation is 1. The van der Waals surface area contributed by atoms with E-state index in [-0.39, 0.29) is 18.0 Å². The van der Waals surface area contributed by atoms with Crippen molar-refractivity contribution in [1.82, 2.24) is 15.3 Å². The van der Waals surface area contributed by atoms with Crippen molar-refractivity contribution in [1.29, 1.82) is 0 Å². The number of nitrogens with one attached hydrogen (secondary N) is 1. The van der Waals surface area contributed by atoms with Crippen molar-refractivity contribution in [2.45, 2.75) is 57.9 Å². The van der Waals surface area contributed by atoms with Gasteiger partial charge in [-0.1, -0.05) is 53.6 Å². The third-order valence-corrected chi connectivity index (χ3v) is 5.90. The molecule has 1 amide bonds. The van der Waals surface area contributed by atoms with Crippen LogP contribution in [0.1, 0.15) is 48.9 Å². The van der Waals surface area contributed by atoms with E-state index in [4.69, 9.17) is 16.3 Å². The van der Waals surface area contributed by atoms with Gasteiger partial charge in [0.05, 0.1) is 5.56 Å². The van der Waals surface area contributed by atoms with Gasteiger partial charge in [0.1, 0.15) is 0 Å². The van der Waals surface area contributed by atoms with Crippen LogP contribution in [-0.4, -0.2) is 27.5 Å². The Morgan fingerprint density at radius 1 is 1.09 bits per heavy atom. The highest BCUT2D eigenvalue weighted by Gasteiger charge is 2.35. The SMILES string of the molecule is Cc1cccc(C(Cc2ccc(Cl)cc2)C(C)NC(=O)C(C)(C)Oc2ncc(C(F)(F)F)cn2)c1. The van der Waals surface area contributed by atoms with Crippen molar-refractivity contribution >= 4 is 17.5 Å². The molecule has 0 spiro atoms. The predicted octanol–water partition coefficient (Wildman–Crippen LogP) is 6.15. The molecule has 1 N–H and O–H groups in total. The van der Waals surface area contributed by atoms with Crippen LogP contribution in [0.2, 0.25) is 5.02 Å². The van der Waals surface area contributed by atoms with E-state index in [0.29, 0.717) is 23.8 Å². The van der Waals surface area contributed by atoms with Gasteiger partial charge in [0.25, 0.3) is 5.91 Å². The number of nitrogens with zero attached hydrogens (tertiary/aromatic N) is 2. The number of hydrogen-bond donors (Lipinski definition) is 1. The minimum atomic E-state index is -4.56. The third-order valence-electron chi connectivity index (χ3n) is 5.65. The van der Waals surface area contributed by atoms with E-state index in [9.17, 15) is 18.0 Å². The molecule has 3 rings (SSSR count). The minimum absolute atomic E-state index is 0.0573. The van der Waals surface area contributed by atoms with E-state index < -0.39 is 23.2 Å². The molecule has 2 atom stereocenters. The second-order valence-electron chi connectivity index (χ2n) is 8.98. The molecule has 0 saturated carbocycles. The quantitative estimate of drug-likeness (QED) is 0.399. The predicted molar refractivity (Wildman–Crippen MR) is 128 cm³/mol. The van der Waals surface area contributed by atoms with Crippen LogP contribution in [0.15, 0.2) is 60.9 Å². The molecule has 5 nitrogen and oxygen atoms in total. The largest absolute Gasteiger partial charge is 0.447 e. The van der Waals surface area contributed by atoms with Crippen LogP contribution in [0.4, 0.5) is 13.2 Å². The summed E-state index contributed by atoms with van der Waals surface area (Å²) >= 11 is 6.03. The van der Waals surface area contributed by atoms with E-state index in [2.05, 4.69) is 21.4 Å². The van der Waals surface area contributed by atoms with Crippen LogP contribution < -0.4 is 10.1 Å². The number of carbonyl (C=O) groups is 1. The van der Waals surface area contributed by atoms with E-state index in [1.807, 2.05) is 56.3 Å². The first-order valence-corrected chi connectivity index (χ1v) is 11.4. The summed E-state index contributed by atoms with van der Waals surface area (Å²) in [6, 6.07) is 15.0. The number of ether oxygens (including phenoxy) is 1. The number of amides is 1. The Balaban J connectivity index is 1.76. The van der Waals surface area contributed by atoms with Gasteiger partial charge in [0.2, 0.25) is 0 Å². The van der Waals surface area contributed by atoms with Crippen LogP contribution in [-0.2, 0) is 17.4 Å². The maximum Gasteiger partial charge on any atom is 0.419 e. The first-order chi connectivity index (χ1) is 16.3. The standard InChI is InChI=1S/C26H27ClF3N3O2/c1-16-6-5-7-19(12-16)22(13-18-8-10-21(27)11-9-18)17(2)33-23(34)25(3,4)35-24-31-14-20(15-32-24)26(28,29)30/h5-12,14-15,17,22H,13H2,1-4H3,(H,33,34). The van der Waals surface area contributed by atoms with E-state index in [0.717, 1.165) is 16.7 Å². The molecule has 0 aliphatic rings. The summed E-state index contributed by atoms with van der Waals surface area (Å²) in [5.74, 6) is -0.500.